The standard InChI is InChI=1S/C29H21N2O.Pt/c32-28-17-7-13-24(19-21-9-2-1-3-10-21)29(28)27-16-8-15-26(31-27)23-12-6-11-22(20-23)25-14-4-5-18-30-25;/h1-18,32H,19H2;/q-1;. The Labute approximate surface area is 208 Å². The molecule has 1 N–H and O–H groups in total. The Hall–Kier alpha value is -3.55. The van der Waals surface area contributed by atoms with Crippen molar-refractivity contribution in [2.45, 2.75) is 6.42 Å². The van der Waals surface area contributed by atoms with Gasteiger partial charge in [0.2, 0.25) is 0 Å². The molecule has 0 fully saturated rings. The average molecular weight is 609 g/mol. The van der Waals surface area contributed by atoms with Crippen LogP contribution in [0.2, 0.25) is 0 Å². The van der Waals surface area contributed by atoms with Gasteiger partial charge in [0.1, 0.15) is 5.75 Å². The third-order valence-electron chi connectivity index (χ3n) is 5.38. The molecule has 33 heavy (non-hydrogen) atoms. The van der Waals surface area contributed by atoms with Gasteiger partial charge < -0.3 is 5.11 Å². The van der Waals surface area contributed by atoms with E-state index in [0.29, 0.717) is 0 Å². The van der Waals surface area contributed by atoms with Gasteiger partial charge in [-0.2, -0.15) is 0 Å². The van der Waals surface area contributed by atoms with Gasteiger partial charge in [-0.1, -0.05) is 77.9 Å². The molecule has 0 aliphatic heterocycles. The van der Waals surface area contributed by atoms with Crippen molar-refractivity contribution in [3.05, 3.63) is 127 Å². The minimum Gasteiger partial charge on any atom is -0.507 e. The number of hydrogen-bond acceptors (Lipinski definition) is 3. The van der Waals surface area contributed by atoms with Crippen molar-refractivity contribution in [2.24, 2.45) is 0 Å². The topological polar surface area (TPSA) is 46.0 Å². The van der Waals surface area contributed by atoms with Crippen LogP contribution >= 0.6 is 0 Å². The van der Waals surface area contributed by atoms with Crippen LogP contribution in [0.5, 0.6) is 5.75 Å². The third kappa shape index (κ3) is 5.10. The molecule has 3 aromatic carbocycles. The smallest absolute Gasteiger partial charge is 0.125 e. The minimum atomic E-state index is 0. The average Bonchev–Trinajstić information content (AvgIpc) is 2.86. The van der Waals surface area contributed by atoms with Gasteiger partial charge in [-0.25, -0.2) is 0 Å². The summed E-state index contributed by atoms with van der Waals surface area (Å²) in [6, 6.07) is 37.0. The Morgan fingerprint density at radius 3 is 2.09 bits per heavy atom. The van der Waals surface area contributed by atoms with E-state index in [1.165, 1.54) is 5.56 Å². The summed E-state index contributed by atoms with van der Waals surface area (Å²) in [6.45, 7) is 0. The van der Waals surface area contributed by atoms with Gasteiger partial charge >= 0.3 is 0 Å². The van der Waals surface area contributed by atoms with Gasteiger partial charge in [0.25, 0.3) is 0 Å². The molecule has 4 heteroatoms. The largest absolute Gasteiger partial charge is 0.507 e. The fourth-order valence-corrected chi connectivity index (χ4v) is 3.86. The Kier molecular flexibility index (Phi) is 7.12. The summed E-state index contributed by atoms with van der Waals surface area (Å²) in [5, 5.41) is 10.7. The molecule has 0 bridgehead atoms. The van der Waals surface area contributed by atoms with E-state index in [4.69, 9.17) is 4.98 Å². The number of aromatic hydroxyl groups is 1. The molecule has 0 spiro atoms. The summed E-state index contributed by atoms with van der Waals surface area (Å²) in [6.07, 6.45) is 2.50. The van der Waals surface area contributed by atoms with Crippen LogP contribution in [0, 0.1) is 6.07 Å². The molecule has 5 rings (SSSR count). The SMILES string of the molecule is Oc1cccc(Cc2ccccc2)c1-c1cccc(-c2[c-]c(-c3ccccn3)ccc2)n1.[Pt]. The van der Waals surface area contributed by atoms with Crippen LogP contribution < -0.4 is 0 Å². The van der Waals surface area contributed by atoms with Gasteiger partial charge in [-0.15, -0.1) is 24.3 Å². The van der Waals surface area contributed by atoms with E-state index in [0.717, 1.165) is 45.8 Å². The van der Waals surface area contributed by atoms with Crippen molar-refractivity contribution >= 4 is 0 Å². The maximum absolute atomic E-state index is 10.7. The van der Waals surface area contributed by atoms with Crippen molar-refractivity contribution in [3.63, 3.8) is 0 Å². The molecule has 0 saturated carbocycles. The van der Waals surface area contributed by atoms with Crippen LogP contribution in [0.4, 0.5) is 0 Å². The van der Waals surface area contributed by atoms with Crippen LogP contribution in [0.15, 0.2) is 109 Å². The molecular formula is C29H21N2OPt-. The molecule has 5 aromatic rings. The predicted octanol–water partition coefficient (Wildman–Crippen LogP) is 6.57. The van der Waals surface area contributed by atoms with E-state index in [1.807, 2.05) is 84.9 Å². The van der Waals surface area contributed by atoms with Crippen LogP contribution in [0.3, 0.4) is 0 Å². The second-order valence-electron chi connectivity index (χ2n) is 7.57. The van der Waals surface area contributed by atoms with E-state index in [2.05, 4.69) is 23.2 Å². The van der Waals surface area contributed by atoms with E-state index in [-0.39, 0.29) is 26.8 Å². The maximum atomic E-state index is 10.7. The van der Waals surface area contributed by atoms with E-state index >= 15 is 0 Å². The number of hydrogen-bond donors (Lipinski definition) is 1. The minimum absolute atomic E-state index is 0. The maximum Gasteiger partial charge on any atom is 0.125 e. The van der Waals surface area contributed by atoms with E-state index in [1.54, 1.807) is 12.3 Å². The molecule has 2 heterocycles. The van der Waals surface area contributed by atoms with Crippen LogP contribution in [-0.4, -0.2) is 15.1 Å². The number of rotatable bonds is 5. The first-order valence-electron chi connectivity index (χ1n) is 10.5. The quantitative estimate of drug-likeness (QED) is 0.230. The Balaban J connectivity index is 0.00000259. The summed E-state index contributed by atoms with van der Waals surface area (Å²) >= 11 is 0. The zero-order valence-corrected chi connectivity index (χ0v) is 20.0. The Bertz CT molecular complexity index is 1350. The van der Waals surface area contributed by atoms with Gasteiger partial charge in [-0.05, 0) is 35.7 Å². The molecule has 164 valence electrons. The number of benzene rings is 3. The molecule has 2 aromatic heterocycles. The van der Waals surface area contributed by atoms with Crippen LogP contribution in [0.1, 0.15) is 11.1 Å². The summed E-state index contributed by atoms with van der Waals surface area (Å²) < 4.78 is 0. The molecule has 0 saturated heterocycles. The molecule has 3 nitrogen and oxygen atoms in total. The fraction of sp³-hybridized carbons (Fsp3) is 0.0345. The van der Waals surface area contributed by atoms with Gasteiger partial charge in [0.05, 0.1) is 5.69 Å². The number of phenolic OH excluding ortho intramolecular Hbond substituents is 1. The Morgan fingerprint density at radius 2 is 1.30 bits per heavy atom. The number of nitrogens with zero attached hydrogens (tertiary/aromatic N) is 2. The predicted molar refractivity (Wildman–Crippen MR) is 128 cm³/mol. The van der Waals surface area contributed by atoms with Crippen molar-refractivity contribution in [3.8, 4) is 39.5 Å². The monoisotopic (exact) mass is 608 g/mol. The summed E-state index contributed by atoms with van der Waals surface area (Å²) in [5.74, 6) is 0.231. The third-order valence-corrected chi connectivity index (χ3v) is 5.38. The summed E-state index contributed by atoms with van der Waals surface area (Å²) in [7, 11) is 0. The first-order chi connectivity index (χ1) is 15.8. The summed E-state index contributed by atoms with van der Waals surface area (Å²) in [5.41, 5.74) is 7.20. The number of phenols is 1. The zero-order valence-electron chi connectivity index (χ0n) is 17.8. The second kappa shape index (κ2) is 10.4. The first kappa shape index (κ1) is 22.6. The van der Waals surface area contributed by atoms with E-state index in [9.17, 15) is 5.11 Å². The van der Waals surface area contributed by atoms with Crippen molar-refractivity contribution in [1.82, 2.24) is 9.97 Å². The van der Waals surface area contributed by atoms with Gasteiger partial charge in [-0.3, -0.25) is 9.97 Å². The number of pyridine rings is 2. The molecule has 0 radical (unpaired) electrons. The van der Waals surface area contributed by atoms with Gasteiger partial charge in [0.15, 0.2) is 0 Å². The molecular weight excluding hydrogens is 587 g/mol. The van der Waals surface area contributed by atoms with Crippen LogP contribution in [0.25, 0.3) is 33.8 Å². The van der Waals surface area contributed by atoms with Crippen LogP contribution in [-0.2, 0) is 27.5 Å². The first-order valence-corrected chi connectivity index (χ1v) is 10.5. The van der Waals surface area contributed by atoms with Crippen molar-refractivity contribution < 1.29 is 26.2 Å². The molecule has 0 aliphatic carbocycles. The van der Waals surface area contributed by atoms with Crippen molar-refractivity contribution in [2.75, 3.05) is 0 Å². The Morgan fingerprint density at radius 1 is 0.636 bits per heavy atom. The second-order valence-corrected chi connectivity index (χ2v) is 7.57. The zero-order chi connectivity index (χ0) is 21.8. The van der Waals surface area contributed by atoms with E-state index < -0.39 is 0 Å². The van der Waals surface area contributed by atoms with Gasteiger partial charge in [0, 0.05) is 44.2 Å². The summed E-state index contributed by atoms with van der Waals surface area (Å²) in [4.78, 5) is 9.33. The normalized spacial score (nSPS) is 10.4. The van der Waals surface area contributed by atoms with Crippen molar-refractivity contribution in [1.29, 1.82) is 0 Å². The molecule has 0 unspecified atom stereocenters. The number of aromatic nitrogens is 2. The molecule has 0 amide bonds. The molecule has 0 aliphatic rings. The fourth-order valence-electron chi connectivity index (χ4n) is 3.86. The molecule has 0 atom stereocenters.